The van der Waals surface area contributed by atoms with E-state index in [0.29, 0.717) is 6.42 Å². The van der Waals surface area contributed by atoms with E-state index >= 15 is 0 Å². The molecule has 0 saturated carbocycles. The summed E-state index contributed by atoms with van der Waals surface area (Å²) in [5, 5.41) is 0. The number of nitrogen functional groups attached to an aromatic ring is 1. The zero-order valence-corrected chi connectivity index (χ0v) is 11.5. The number of hydrogen-bond acceptors (Lipinski definition) is 3. The lowest BCUT2D eigenvalue weighted by Crippen LogP contribution is -2.22. The highest BCUT2D eigenvalue weighted by molar-refractivity contribution is 7.85. The zero-order valence-electron chi connectivity index (χ0n) is 10.7. The van der Waals surface area contributed by atoms with E-state index in [-0.39, 0.29) is 16.3 Å². The molecule has 1 aliphatic rings. The van der Waals surface area contributed by atoms with Crippen molar-refractivity contribution in [3.63, 3.8) is 0 Å². The summed E-state index contributed by atoms with van der Waals surface area (Å²) in [7, 11) is -1.65. The largest absolute Gasteiger partial charge is 0.399 e. The van der Waals surface area contributed by atoms with Gasteiger partial charge in [-0.2, -0.15) is 0 Å². The molecule has 0 aromatic heterocycles. The molecule has 1 heterocycles. The van der Waals surface area contributed by atoms with Crippen molar-refractivity contribution in [2.45, 2.75) is 24.2 Å². The van der Waals surface area contributed by atoms with Crippen LogP contribution < -0.4 is 5.73 Å². The highest BCUT2D eigenvalue weighted by Crippen LogP contribution is 2.21. The summed E-state index contributed by atoms with van der Waals surface area (Å²) in [5.41, 5.74) is 5.33. The fourth-order valence-corrected chi connectivity index (χ4v) is 3.47. The van der Waals surface area contributed by atoms with E-state index in [0.717, 1.165) is 31.8 Å². The Morgan fingerprint density at radius 3 is 2.37 bits per heavy atom. The number of nitrogens with zero attached hydrogens (tertiary/aromatic N) is 1. The Morgan fingerprint density at radius 2 is 1.79 bits per heavy atom. The highest BCUT2D eigenvalue weighted by atomic mass is 32.2. The lowest BCUT2D eigenvalue weighted by Gasteiger charge is -2.14. The van der Waals surface area contributed by atoms with Crippen LogP contribution in [0.25, 0.3) is 0 Å². The van der Waals surface area contributed by atoms with Crippen LogP contribution in [0.5, 0.6) is 0 Å². The fourth-order valence-electron chi connectivity index (χ4n) is 2.32. The van der Waals surface area contributed by atoms with Crippen LogP contribution >= 0.6 is 0 Å². The van der Waals surface area contributed by atoms with Crippen molar-refractivity contribution >= 4 is 16.5 Å². The van der Waals surface area contributed by atoms with Gasteiger partial charge in [0.05, 0.1) is 10.8 Å². The fraction of sp³-hybridized carbons (Fsp3) is 0.538. The van der Waals surface area contributed by atoms with Crippen molar-refractivity contribution < 1.29 is 13.0 Å². The minimum Gasteiger partial charge on any atom is -0.399 e. The number of nitrogens with two attached hydrogens (primary N) is 1. The maximum atomic E-state index is 13.6. The van der Waals surface area contributed by atoms with Gasteiger partial charge in [0.25, 0.3) is 0 Å². The third-order valence-electron chi connectivity index (χ3n) is 3.25. The molecule has 19 heavy (non-hydrogen) atoms. The first kappa shape index (κ1) is 14.4. The summed E-state index contributed by atoms with van der Waals surface area (Å²) in [4.78, 5) is 1.93. The average molecular weight is 288 g/mol. The van der Waals surface area contributed by atoms with Gasteiger partial charge in [0.15, 0.2) is 0 Å². The van der Waals surface area contributed by atoms with Crippen LogP contribution in [0.1, 0.15) is 19.3 Å². The van der Waals surface area contributed by atoms with Crippen molar-refractivity contribution in [2.75, 3.05) is 31.1 Å². The summed E-state index contributed by atoms with van der Waals surface area (Å²) in [6.07, 6.45) is 3.07. The maximum absolute atomic E-state index is 13.6. The normalized spacial score (nSPS) is 17.8. The molecule has 2 N–H and O–H groups in total. The minimum atomic E-state index is -1.65. The molecule has 6 heteroatoms. The van der Waals surface area contributed by atoms with E-state index < -0.39 is 22.4 Å². The topological polar surface area (TPSA) is 46.3 Å². The standard InChI is InChI=1S/C13H18F2N2OS/c14-11-8-10(16)9-12(15)13(11)19(18)7-3-6-17-4-1-2-5-17/h8-9H,1-7,16H2. The smallest absolute Gasteiger partial charge is 0.144 e. The van der Waals surface area contributed by atoms with Crippen molar-refractivity contribution in [2.24, 2.45) is 0 Å². The molecule has 1 saturated heterocycles. The Balaban J connectivity index is 1.92. The molecule has 0 spiro atoms. The summed E-state index contributed by atoms with van der Waals surface area (Å²) in [6.45, 7) is 2.97. The Hall–Kier alpha value is -1.01. The third kappa shape index (κ3) is 3.73. The molecule has 1 unspecified atom stereocenters. The molecule has 106 valence electrons. The van der Waals surface area contributed by atoms with Gasteiger partial charge in [0.2, 0.25) is 0 Å². The summed E-state index contributed by atoms with van der Waals surface area (Å²) in [5.74, 6) is -1.37. The lowest BCUT2D eigenvalue weighted by atomic mass is 10.3. The van der Waals surface area contributed by atoms with E-state index in [1.165, 1.54) is 12.8 Å². The van der Waals surface area contributed by atoms with Crippen LogP contribution in [0, 0.1) is 11.6 Å². The van der Waals surface area contributed by atoms with Crippen LogP contribution in [0.15, 0.2) is 17.0 Å². The molecule has 1 fully saturated rings. The molecule has 1 aliphatic heterocycles. The van der Waals surface area contributed by atoms with Gasteiger partial charge in [0.1, 0.15) is 16.5 Å². The maximum Gasteiger partial charge on any atom is 0.144 e. The Morgan fingerprint density at radius 1 is 1.21 bits per heavy atom. The van der Waals surface area contributed by atoms with E-state index in [4.69, 9.17) is 5.73 Å². The minimum absolute atomic E-state index is 0.00724. The molecule has 0 radical (unpaired) electrons. The van der Waals surface area contributed by atoms with E-state index in [1.54, 1.807) is 0 Å². The lowest BCUT2D eigenvalue weighted by molar-refractivity contribution is 0.340. The Kier molecular flexibility index (Phi) is 4.87. The second-order valence-electron chi connectivity index (χ2n) is 4.77. The molecular weight excluding hydrogens is 270 g/mol. The predicted octanol–water partition coefficient (Wildman–Crippen LogP) is 2.14. The second-order valence-corrected chi connectivity index (χ2v) is 6.27. The molecule has 0 aliphatic carbocycles. The molecule has 3 nitrogen and oxygen atoms in total. The van der Waals surface area contributed by atoms with E-state index in [1.807, 2.05) is 0 Å². The summed E-state index contributed by atoms with van der Waals surface area (Å²) >= 11 is 0. The first-order chi connectivity index (χ1) is 9.08. The van der Waals surface area contributed by atoms with Crippen LogP contribution in [-0.4, -0.2) is 34.5 Å². The number of halogens is 2. The van der Waals surface area contributed by atoms with Crippen molar-refractivity contribution in [3.8, 4) is 0 Å². The van der Waals surface area contributed by atoms with E-state index in [2.05, 4.69) is 4.90 Å². The van der Waals surface area contributed by atoms with Crippen LogP contribution in [0.3, 0.4) is 0 Å². The van der Waals surface area contributed by atoms with Gasteiger partial charge in [-0.3, -0.25) is 4.21 Å². The molecule has 1 atom stereocenters. The van der Waals surface area contributed by atoms with Gasteiger partial charge >= 0.3 is 0 Å². The molecule has 0 bridgehead atoms. The molecule has 0 amide bonds. The summed E-state index contributed by atoms with van der Waals surface area (Å²) < 4.78 is 39.1. The monoisotopic (exact) mass is 288 g/mol. The SMILES string of the molecule is Nc1cc(F)c(S(=O)CCCN2CCCC2)c(F)c1. The molecule has 1 aromatic rings. The van der Waals surface area contributed by atoms with Crippen LogP contribution in [-0.2, 0) is 10.8 Å². The number of anilines is 1. The van der Waals surface area contributed by atoms with E-state index in [9.17, 15) is 13.0 Å². The summed E-state index contributed by atoms with van der Waals surface area (Å²) in [6, 6.07) is 2.02. The predicted molar refractivity (Wildman–Crippen MR) is 72.3 cm³/mol. The van der Waals surface area contributed by atoms with Gasteiger partial charge < -0.3 is 10.6 Å². The van der Waals surface area contributed by atoms with Gasteiger partial charge in [-0.05, 0) is 51.0 Å². The quantitative estimate of drug-likeness (QED) is 0.844. The first-order valence-corrected chi connectivity index (χ1v) is 7.75. The van der Waals surface area contributed by atoms with Crippen LogP contribution in [0.2, 0.25) is 0 Å². The molecular formula is C13H18F2N2OS. The Labute approximate surface area is 114 Å². The first-order valence-electron chi connectivity index (χ1n) is 6.43. The third-order valence-corrected chi connectivity index (χ3v) is 4.76. The van der Waals surface area contributed by atoms with Gasteiger partial charge in [-0.15, -0.1) is 0 Å². The molecule has 1 aromatic carbocycles. The van der Waals surface area contributed by atoms with Crippen molar-refractivity contribution in [3.05, 3.63) is 23.8 Å². The number of rotatable bonds is 5. The number of likely N-dealkylation sites (tertiary alicyclic amines) is 1. The molecule has 2 rings (SSSR count). The van der Waals surface area contributed by atoms with Crippen molar-refractivity contribution in [1.29, 1.82) is 0 Å². The van der Waals surface area contributed by atoms with Gasteiger partial charge in [-0.25, -0.2) is 8.78 Å². The van der Waals surface area contributed by atoms with Crippen LogP contribution in [0.4, 0.5) is 14.5 Å². The van der Waals surface area contributed by atoms with Gasteiger partial charge in [-0.1, -0.05) is 0 Å². The highest BCUT2D eigenvalue weighted by Gasteiger charge is 2.17. The Bertz CT molecular complexity index is 453. The van der Waals surface area contributed by atoms with Crippen molar-refractivity contribution in [1.82, 2.24) is 4.90 Å². The average Bonchev–Trinajstić information content (AvgIpc) is 2.80. The second kappa shape index (κ2) is 6.43. The van der Waals surface area contributed by atoms with Gasteiger partial charge in [0, 0.05) is 11.4 Å². The zero-order chi connectivity index (χ0) is 13.8. The number of benzene rings is 1. The number of hydrogen-bond donors (Lipinski definition) is 1.